The van der Waals surface area contributed by atoms with Crippen molar-refractivity contribution in [3.05, 3.63) is 71.5 Å². The van der Waals surface area contributed by atoms with Crippen molar-refractivity contribution < 1.29 is 10.2 Å². The van der Waals surface area contributed by atoms with Crippen LogP contribution in [0.1, 0.15) is 17.0 Å². The Morgan fingerprint density at radius 1 is 0.774 bits per heavy atom. The van der Waals surface area contributed by atoms with E-state index in [2.05, 4.69) is 15.0 Å². The van der Waals surface area contributed by atoms with Crippen LogP contribution in [-0.4, -0.2) is 51.5 Å². The molecule has 9 heteroatoms. The van der Waals surface area contributed by atoms with Crippen LogP contribution in [0.15, 0.2) is 54.6 Å². The van der Waals surface area contributed by atoms with Gasteiger partial charge in [-0.1, -0.05) is 102 Å². The molecule has 2 N–H and O–H groups in total. The van der Waals surface area contributed by atoms with E-state index < -0.39 is 3.79 Å². The third kappa shape index (κ3) is 6.63. The predicted molar refractivity (Wildman–Crippen MR) is 126 cm³/mol. The minimum atomic E-state index is -1.85. The van der Waals surface area contributed by atoms with Crippen molar-refractivity contribution in [1.29, 1.82) is 0 Å². The predicted octanol–water partition coefficient (Wildman–Crippen LogP) is 4.33. The third-order valence-electron chi connectivity index (χ3n) is 4.34. The van der Waals surface area contributed by atoms with Gasteiger partial charge in [-0.15, -0.1) is 0 Å². The maximum Gasteiger partial charge on any atom is 0.250 e. The first-order valence-electron chi connectivity index (χ1n) is 9.54. The zero-order chi connectivity index (χ0) is 22.3. The molecule has 0 aliphatic carbocycles. The fourth-order valence-electron chi connectivity index (χ4n) is 2.82. The maximum atomic E-state index is 9.32. The Balaban J connectivity index is 1.93. The molecule has 0 fully saturated rings. The number of hydrogen-bond donors (Lipinski definition) is 2. The number of aliphatic hydroxyl groups excluding tert-OH is 2. The normalized spacial score (nSPS) is 11.8. The molecule has 0 aliphatic rings. The number of hydrogen-bond acceptors (Lipinski definition) is 6. The van der Waals surface area contributed by atoms with E-state index in [1.807, 2.05) is 66.7 Å². The van der Waals surface area contributed by atoms with E-state index in [4.69, 9.17) is 34.8 Å². The minimum Gasteiger partial charge on any atom is -0.395 e. The van der Waals surface area contributed by atoms with E-state index in [0.717, 1.165) is 11.1 Å². The molecular weight excluding hydrogens is 459 g/mol. The molecule has 0 atom stereocenters. The van der Waals surface area contributed by atoms with Gasteiger partial charge in [-0.2, -0.15) is 9.97 Å². The summed E-state index contributed by atoms with van der Waals surface area (Å²) >= 11 is 18.1. The van der Waals surface area contributed by atoms with Crippen LogP contribution in [0.5, 0.6) is 0 Å². The molecule has 0 bridgehead atoms. The van der Waals surface area contributed by atoms with Gasteiger partial charge in [0, 0.05) is 18.7 Å². The number of alkyl halides is 3. The molecule has 0 spiro atoms. The lowest BCUT2D eigenvalue weighted by atomic mass is 10.1. The smallest absolute Gasteiger partial charge is 0.250 e. The van der Waals surface area contributed by atoms with Gasteiger partial charge in [0.2, 0.25) is 9.74 Å². The second-order valence-electron chi connectivity index (χ2n) is 6.58. The Kier molecular flexibility index (Phi) is 8.23. The van der Waals surface area contributed by atoms with Gasteiger partial charge in [0.25, 0.3) is 0 Å². The Morgan fingerprint density at radius 2 is 1.35 bits per heavy atom. The molecule has 0 amide bonds. The van der Waals surface area contributed by atoms with Gasteiger partial charge in [0.05, 0.1) is 13.2 Å². The van der Waals surface area contributed by atoms with E-state index in [-0.39, 0.29) is 38.1 Å². The number of aliphatic hydroxyl groups is 2. The fourth-order valence-corrected chi connectivity index (χ4v) is 3.07. The molecule has 3 aromatic rings. The Labute approximate surface area is 195 Å². The van der Waals surface area contributed by atoms with Crippen LogP contribution in [0, 0.1) is 0 Å². The first-order chi connectivity index (χ1) is 14.9. The highest BCUT2D eigenvalue weighted by Crippen LogP contribution is 2.37. The fraction of sp³-hybridized carbons (Fsp3) is 0.227. The van der Waals surface area contributed by atoms with Gasteiger partial charge in [0.1, 0.15) is 0 Å². The lowest BCUT2D eigenvalue weighted by Crippen LogP contribution is -2.32. The number of anilines is 1. The molecule has 0 unspecified atom stereocenters. The molecule has 2 aromatic carbocycles. The number of halogens is 3. The summed E-state index contributed by atoms with van der Waals surface area (Å²) in [5, 5.41) is 18.6. The van der Waals surface area contributed by atoms with Gasteiger partial charge in [-0.05, 0) is 11.1 Å². The van der Waals surface area contributed by atoms with E-state index in [1.54, 1.807) is 4.90 Å². The molecule has 0 radical (unpaired) electrons. The van der Waals surface area contributed by atoms with Crippen molar-refractivity contribution in [2.45, 2.75) is 3.79 Å². The zero-order valence-corrected chi connectivity index (χ0v) is 18.8. The topological polar surface area (TPSA) is 82.4 Å². The van der Waals surface area contributed by atoms with Crippen molar-refractivity contribution in [2.75, 3.05) is 31.2 Å². The van der Waals surface area contributed by atoms with Crippen LogP contribution >= 0.6 is 34.8 Å². The second kappa shape index (κ2) is 10.9. The van der Waals surface area contributed by atoms with Gasteiger partial charge in [0.15, 0.2) is 11.6 Å². The number of nitrogens with zero attached hydrogens (tertiary/aromatic N) is 4. The molecule has 1 aromatic heterocycles. The summed E-state index contributed by atoms with van der Waals surface area (Å²) in [7, 11) is 0. The van der Waals surface area contributed by atoms with Crippen LogP contribution in [0.25, 0.3) is 23.5 Å². The van der Waals surface area contributed by atoms with Crippen molar-refractivity contribution in [1.82, 2.24) is 15.0 Å². The molecule has 3 rings (SSSR count). The van der Waals surface area contributed by atoms with Crippen LogP contribution in [0.3, 0.4) is 0 Å². The number of benzene rings is 2. The molecule has 0 saturated heterocycles. The van der Waals surface area contributed by atoms with E-state index >= 15 is 0 Å². The van der Waals surface area contributed by atoms with Gasteiger partial charge in [-0.3, -0.25) is 0 Å². The zero-order valence-electron chi connectivity index (χ0n) is 16.5. The standard InChI is InChI=1S/C22H21Cl3N4O2/c23-22(24,25)20-26-19(27-21(28-20)29(12-14-30)13-15-31)18-10-8-17(9-11-18)7-6-16-4-2-1-3-5-16/h1-11,30-31H,12-15H2/b7-6+. The monoisotopic (exact) mass is 478 g/mol. The van der Waals surface area contributed by atoms with Crippen molar-refractivity contribution in [3.8, 4) is 11.4 Å². The highest BCUT2D eigenvalue weighted by atomic mass is 35.6. The maximum absolute atomic E-state index is 9.32. The molecule has 0 saturated carbocycles. The van der Waals surface area contributed by atoms with E-state index in [0.29, 0.717) is 11.4 Å². The lowest BCUT2D eigenvalue weighted by Gasteiger charge is -2.22. The summed E-state index contributed by atoms with van der Waals surface area (Å²) < 4.78 is -1.85. The second-order valence-corrected chi connectivity index (χ2v) is 8.86. The van der Waals surface area contributed by atoms with Crippen molar-refractivity contribution >= 4 is 52.9 Å². The average Bonchev–Trinajstić information content (AvgIpc) is 2.78. The first-order valence-corrected chi connectivity index (χ1v) is 10.7. The van der Waals surface area contributed by atoms with E-state index in [9.17, 15) is 10.2 Å². The Hall–Kier alpha value is -2.22. The Bertz CT molecular complexity index is 1000. The highest BCUT2D eigenvalue weighted by molar-refractivity contribution is 6.66. The molecule has 0 aliphatic heterocycles. The molecule has 31 heavy (non-hydrogen) atoms. The summed E-state index contributed by atoms with van der Waals surface area (Å²) in [5.74, 6) is 0.500. The summed E-state index contributed by atoms with van der Waals surface area (Å²) in [6.45, 7) is 0.137. The summed E-state index contributed by atoms with van der Waals surface area (Å²) in [5.41, 5.74) is 2.82. The Morgan fingerprint density at radius 3 is 1.90 bits per heavy atom. The van der Waals surface area contributed by atoms with Gasteiger partial charge >= 0.3 is 0 Å². The lowest BCUT2D eigenvalue weighted by molar-refractivity contribution is 0.280. The first kappa shape index (κ1) is 23.4. The largest absolute Gasteiger partial charge is 0.395 e. The summed E-state index contributed by atoms with van der Waals surface area (Å²) in [4.78, 5) is 14.6. The van der Waals surface area contributed by atoms with Crippen LogP contribution in [0.2, 0.25) is 0 Å². The van der Waals surface area contributed by atoms with Gasteiger partial charge in [-0.25, -0.2) is 4.98 Å². The summed E-state index contributed by atoms with van der Waals surface area (Å²) in [6.07, 6.45) is 4.04. The minimum absolute atomic E-state index is 0.0357. The van der Waals surface area contributed by atoms with Crippen molar-refractivity contribution in [3.63, 3.8) is 0 Å². The average molecular weight is 480 g/mol. The molecule has 1 heterocycles. The van der Waals surface area contributed by atoms with Crippen molar-refractivity contribution in [2.24, 2.45) is 0 Å². The number of aromatic nitrogens is 3. The summed E-state index contributed by atoms with van der Waals surface area (Å²) in [6, 6.07) is 17.6. The van der Waals surface area contributed by atoms with Gasteiger partial charge < -0.3 is 15.1 Å². The van der Waals surface area contributed by atoms with E-state index in [1.165, 1.54) is 0 Å². The quantitative estimate of drug-likeness (QED) is 0.370. The van der Waals surface area contributed by atoms with Crippen LogP contribution < -0.4 is 4.90 Å². The number of rotatable bonds is 8. The SMILES string of the molecule is OCCN(CCO)c1nc(-c2ccc(/C=C/c3ccccc3)cc2)nc(C(Cl)(Cl)Cl)n1. The van der Waals surface area contributed by atoms with Crippen LogP contribution in [-0.2, 0) is 3.79 Å². The highest BCUT2D eigenvalue weighted by Gasteiger charge is 2.29. The third-order valence-corrected chi connectivity index (χ3v) is 4.84. The molecule has 162 valence electrons. The molecular formula is C22H21Cl3N4O2. The van der Waals surface area contributed by atoms with Crippen LogP contribution in [0.4, 0.5) is 5.95 Å². The molecule has 6 nitrogen and oxygen atoms in total.